The van der Waals surface area contributed by atoms with E-state index in [1.54, 1.807) is 6.20 Å². The van der Waals surface area contributed by atoms with E-state index in [1.165, 1.54) is 19.3 Å². The summed E-state index contributed by atoms with van der Waals surface area (Å²) in [6, 6.07) is 1.52. The van der Waals surface area contributed by atoms with Gasteiger partial charge in [-0.1, -0.05) is 0 Å². The van der Waals surface area contributed by atoms with E-state index in [2.05, 4.69) is 10.4 Å². The second-order valence-electron chi connectivity index (χ2n) is 11.0. The Morgan fingerprint density at radius 3 is 2.45 bits per heavy atom. The Labute approximate surface area is 183 Å². The van der Waals surface area contributed by atoms with Gasteiger partial charge in [-0.15, -0.1) is 0 Å². The predicted octanol–water partition coefficient (Wildman–Crippen LogP) is 2.53. The zero-order chi connectivity index (χ0) is 21.0. The number of fused-ring (bicyclic) bond motifs is 1. The van der Waals surface area contributed by atoms with Crippen molar-refractivity contribution in [2.45, 2.75) is 64.0 Å². The molecule has 5 fully saturated rings. The topological polar surface area (TPSA) is 76.5 Å². The Bertz CT molecular complexity index is 823. The molecule has 2 aliphatic heterocycles. The molecule has 6 aliphatic rings. The van der Waals surface area contributed by atoms with Crippen molar-refractivity contribution in [1.29, 1.82) is 0 Å². The van der Waals surface area contributed by atoms with Crippen molar-refractivity contribution < 1.29 is 14.3 Å². The molecule has 1 unspecified atom stereocenters. The van der Waals surface area contributed by atoms with Gasteiger partial charge in [0, 0.05) is 26.0 Å². The second kappa shape index (κ2) is 7.61. The first-order valence-corrected chi connectivity index (χ1v) is 12.3. The zero-order valence-corrected chi connectivity index (χ0v) is 18.3. The van der Waals surface area contributed by atoms with Crippen LogP contribution < -0.4 is 5.32 Å². The Morgan fingerprint density at radius 2 is 1.77 bits per heavy atom. The maximum Gasteiger partial charge on any atom is 0.246 e. The van der Waals surface area contributed by atoms with E-state index in [1.807, 2.05) is 15.6 Å². The van der Waals surface area contributed by atoms with Crippen molar-refractivity contribution in [1.82, 2.24) is 20.0 Å². The lowest BCUT2D eigenvalue weighted by Gasteiger charge is -2.57. The number of aromatic nitrogens is 2. The van der Waals surface area contributed by atoms with E-state index in [4.69, 9.17) is 4.74 Å². The first-order valence-electron chi connectivity index (χ1n) is 12.3. The average molecular weight is 427 g/mol. The number of rotatable bonds is 4. The number of hydrogen-bond donors (Lipinski definition) is 1. The Morgan fingerprint density at radius 1 is 1.10 bits per heavy atom. The molecule has 1 saturated heterocycles. The van der Waals surface area contributed by atoms with Crippen molar-refractivity contribution in [3.05, 3.63) is 18.0 Å². The van der Waals surface area contributed by atoms with E-state index in [9.17, 15) is 9.59 Å². The third-order valence-electron chi connectivity index (χ3n) is 8.78. The first-order chi connectivity index (χ1) is 15.1. The van der Waals surface area contributed by atoms with Gasteiger partial charge in [-0.2, -0.15) is 5.10 Å². The van der Waals surface area contributed by atoms with Crippen LogP contribution in [0.25, 0.3) is 0 Å². The molecule has 1 atom stereocenters. The second-order valence-corrected chi connectivity index (χ2v) is 11.0. The highest BCUT2D eigenvalue weighted by molar-refractivity contribution is 5.86. The summed E-state index contributed by atoms with van der Waals surface area (Å²) in [5, 5.41) is 7.59. The van der Waals surface area contributed by atoms with E-state index in [0.717, 1.165) is 68.8 Å². The smallest absolute Gasteiger partial charge is 0.246 e. The summed E-state index contributed by atoms with van der Waals surface area (Å²) in [5.74, 6) is 2.99. The van der Waals surface area contributed by atoms with E-state index >= 15 is 0 Å². The van der Waals surface area contributed by atoms with Gasteiger partial charge in [0.2, 0.25) is 11.8 Å². The van der Waals surface area contributed by atoms with Gasteiger partial charge in [0.15, 0.2) is 0 Å². The molecule has 4 saturated carbocycles. The number of carbonyl (C=O) groups is 2. The van der Waals surface area contributed by atoms with Crippen LogP contribution in [0.4, 0.5) is 0 Å². The van der Waals surface area contributed by atoms with Gasteiger partial charge < -0.3 is 15.0 Å². The number of carbonyl (C=O) groups excluding carboxylic acids is 2. The molecule has 31 heavy (non-hydrogen) atoms. The van der Waals surface area contributed by atoms with Crippen LogP contribution in [0.5, 0.6) is 0 Å². The largest absolute Gasteiger partial charge is 0.381 e. The molecule has 0 aromatic carbocycles. The third kappa shape index (κ3) is 3.49. The Kier molecular flexibility index (Phi) is 4.85. The Balaban J connectivity index is 1.18. The molecule has 1 N–H and O–H groups in total. The van der Waals surface area contributed by atoms with Gasteiger partial charge in [0.05, 0.1) is 24.2 Å². The third-order valence-corrected chi connectivity index (χ3v) is 8.78. The number of hydrogen-bond acceptors (Lipinski definition) is 4. The standard InChI is InChI=1S/C24H34N4O3/c29-22(25-13-16-2-5-31-6-3-16)21-15-27(14-20-1-4-26-28(20)21)23(30)24-10-17-7-18(11-24)9-19(8-17)12-24/h1,4,16-19,21H,2-3,5-15H2,(H,25,29). The lowest BCUT2D eigenvalue weighted by Crippen LogP contribution is -2.57. The van der Waals surface area contributed by atoms with Crippen LogP contribution >= 0.6 is 0 Å². The summed E-state index contributed by atoms with van der Waals surface area (Å²) >= 11 is 0. The van der Waals surface area contributed by atoms with Gasteiger partial charge in [-0.25, -0.2) is 0 Å². The van der Waals surface area contributed by atoms with Crippen LogP contribution in [-0.2, 0) is 20.9 Å². The molecule has 168 valence electrons. The molecule has 7 heteroatoms. The summed E-state index contributed by atoms with van der Waals surface area (Å²) in [6.45, 7) is 3.25. The van der Waals surface area contributed by atoms with Crippen molar-refractivity contribution in [3.8, 4) is 0 Å². The fourth-order valence-corrected chi connectivity index (χ4v) is 7.66. The number of nitrogens with one attached hydrogen (secondary N) is 1. The van der Waals surface area contributed by atoms with Crippen LogP contribution in [0, 0.1) is 29.1 Å². The SMILES string of the molecule is O=C(NCC1CCOCC1)C1CN(C(=O)C23CC4CC(CC(C4)C2)C3)Cc2ccnn21. The lowest BCUT2D eigenvalue weighted by molar-refractivity contribution is -0.160. The lowest BCUT2D eigenvalue weighted by atomic mass is 9.49. The Hall–Kier alpha value is -1.89. The molecule has 7 rings (SSSR count). The minimum absolute atomic E-state index is 0.0144. The van der Waals surface area contributed by atoms with Gasteiger partial charge in [-0.05, 0) is 81.1 Å². The van der Waals surface area contributed by atoms with E-state index in [-0.39, 0.29) is 11.3 Å². The minimum atomic E-state index is -0.434. The van der Waals surface area contributed by atoms with Crippen LogP contribution in [-0.4, -0.2) is 52.8 Å². The fraction of sp³-hybridized carbons (Fsp3) is 0.792. The molecule has 0 spiro atoms. The first kappa shape index (κ1) is 19.8. The van der Waals surface area contributed by atoms with E-state index in [0.29, 0.717) is 31.5 Å². The number of nitrogens with zero attached hydrogens (tertiary/aromatic N) is 3. The number of ether oxygens (including phenoxy) is 1. The molecule has 4 bridgehead atoms. The predicted molar refractivity (Wildman–Crippen MR) is 114 cm³/mol. The zero-order valence-electron chi connectivity index (χ0n) is 18.3. The molecule has 3 heterocycles. The van der Waals surface area contributed by atoms with Gasteiger partial charge in [0.25, 0.3) is 0 Å². The molecule has 2 amide bonds. The quantitative estimate of drug-likeness (QED) is 0.803. The molecular formula is C24H34N4O3. The maximum atomic E-state index is 13.9. The molecule has 4 aliphatic carbocycles. The highest BCUT2D eigenvalue weighted by Crippen LogP contribution is 2.60. The average Bonchev–Trinajstić information content (AvgIpc) is 3.25. The molecular weight excluding hydrogens is 392 g/mol. The summed E-state index contributed by atoms with van der Waals surface area (Å²) in [7, 11) is 0. The summed E-state index contributed by atoms with van der Waals surface area (Å²) in [4.78, 5) is 29.1. The minimum Gasteiger partial charge on any atom is -0.381 e. The van der Waals surface area contributed by atoms with Crippen LogP contribution in [0.2, 0.25) is 0 Å². The highest BCUT2D eigenvalue weighted by Gasteiger charge is 2.56. The van der Waals surface area contributed by atoms with Crippen molar-refractivity contribution in [3.63, 3.8) is 0 Å². The van der Waals surface area contributed by atoms with Gasteiger partial charge >= 0.3 is 0 Å². The van der Waals surface area contributed by atoms with Crippen LogP contribution in [0.15, 0.2) is 12.3 Å². The van der Waals surface area contributed by atoms with E-state index < -0.39 is 6.04 Å². The maximum absolute atomic E-state index is 13.9. The van der Waals surface area contributed by atoms with Crippen molar-refractivity contribution in [2.24, 2.45) is 29.1 Å². The van der Waals surface area contributed by atoms with Gasteiger partial charge in [0.1, 0.15) is 6.04 Å². The molecule has 1 aromatic heterocycles. The van der Waals surface area contributed by atoms with Crippen LogP contribution in [0.3, 0.4) is 0 Å². The summed E-state index contributed by atoms with van der Waals surface area (Å²) in [6.07, 6.45) is 10.9. The van der Waals surface area contributed by atoms with Crippen molar-refractivity contribution in [2.75, 3.05) is 26.3 Å². The van der Waals surface area contributed by atoms with Gasteiger partial charge in [-0.3, -0.25) is 14.3 Å². The highest BCUT2D eigenvalue weighted by atomic mass is 16.5. The monoisotopic (exact) mass is 426 g/mol. The number of amides is 2. The molecule has 0 radical (unpaired) electrons. The van der Waals surface area contributed by atoms with Crippen molar-refractivity contribution >= 4 is 11.8 Å². The summed E-state index contributed by atoms with van der Waals surface area (Å²) in [5.41, 5.74) is 0.801. The summed E-state index contributed by atoms with van der Waals surface area (Å²) < 4.78 is 7.26. The molecule has 7 nitrogen and oxygen atoms in total. The van der Waals surface area contributed by atoms with Crippen LogP contribution in [0.1, 0.15) is 63.1 Å². The molecule has 1 aromatic rings. The normalized spacial score (nSPS) is 37.0. The fourth-order valence-electron chi connectivity index (χ4n) is 7.66.